The molecular weight excluding hydrogens is 433 g/mol. The predicted molar refractivity (Wildman–Crippen MR) is 133 cm³/mol. The SMILES string of the molecule is CN(C)c1cnc(-n2c(CN)cc3c(C(N)=O)cccc32)nc1NCc1cccc(B(O)O)c1. The Labute approximate surface area is 197 Å². The molecular formula is C23H26BN7O3. The number of hydrogen-bond acceptors (Lipinski definition) is 8. The van der Waals surface area contributed by atoms with E-state index < -0.39 is 13.0 Å². The normalized spacial score (nSPS) is 11.0. The standard InChI is InChI=1S/C23H26BN7O3/c1-30(2)20-13-28-23(29-22(20)27-12-14-5-3-6-15(9-14)24(33)34)31-16(11-25)10-18-17(21(26)32)7-4-8-19(18)31/h3-10,13,33-34H,11-12,25H2,1-2H3,(H2,26,32)(H,27,28,29). The maximum absolute atomic E-state index is 11.9. The van der Waals surface area contributed by atoms with Gasteiger partial charge in [0.05, 0.1) is 17.4 Å². The number of primary amides is 1. The molecule has 10 nitrogen and oxygen atoms in total. The monoisotopic (exact) mass is 459 g/mol. The summed E-state index contributed by atoms with van der Waals surface area (Å²) >= 11 is 0. The van der Waals surface area contributed by atoms with Crippen LogP contribution in [0.3, 0.4) is 0 Å². The van der Waals surface area contributed by atoms with Crippen LogP contribution >= 0.6 is 0 Å². The van der Waals surface area contributed by atoms with E-state index in [0.29, 0.717) is 34.7 Å². The number of aromatic nitrogens is 3. The van der Waals surface area contributed by atoms with Crippen LogP contribution in [0, 0.1) is 0 Å². The van der Waals surface area contributed by atoms with Crippen LogP contribution in [0.2, 0.25) is 0 Å². The fourth-order valence-electron chi connectivity index (χ4n) is 3.87. The van der Waals surface area contributed by atoms with E-state index in [9.17, 15) is 14.8 Å². The van der Waals surface area contributed by atoms with Crippen LogP contribution in [-0.4, -0.2) is 51.7 Å². The first-order chi connectivity index (χ1) is 16.3. The average molecular weight is 459 g/mol. The average Bonchev–Trinajstić information content (AvgIpc) is 3.21. The Hall–Kier alpha value is -3.93. The first-order valence-corrected chi connectivity index (χ1v) is 10.7. The molecule has 0 unspecified atom stereocenters. The van der Waals surface area contributed by atoms with Crippen molar-refractivity contribution >= 4 is 40.9 Å². The number of hydrogen-bond donors (Lipinski definition) is 5. The lowest BCUT2D eigenvalue weighted by Crippen LogP contribution is -2.30. The fourth-order valence-corrected chi connectivity index (χ4v) is 3.87. The molecule has 1 amide bonds. The summed E-state index contributed by atoms with van der Waals surface area (Å²) in [5.74, 6) is 0.457. The zero-order valence-corrected chi connectivity index (χ0v) is 18.9. The molecule has 0 aliphatic rings. The van der Waals surface area contributed by atoms with E-state index in [1.807, 2.05) is 41.8 Å². The van der Waals surface area contributed by atoms with Gasteiger partial charge in [-0.2, -0.15) is 4.98 Å². The van der Waals surface area contributed by atoms with Crippen molar-refractivity contribution in [3.8, 4) is 5.95 Å². The molecule has 11 heteroatoms. The Morgan fingerprint density at radius 3 is 2.62 bits per heavy atom. The second-order valence-corrected chi connectivity index (χ2v) is 8.05. The number of nitrogens with two attached hydrogens (primary N) is 2. The second-order valence-electron chi connectivity index (χ2n) is 8.05. The lowest BCUT2D eigenvalue weighted by molar-refractivity contribution is 0.100. The van der Waals surface area contributed by atoms with Crippen LogP contribution in [0.15, 0.2) is 54.7 Å². The van der Waals surface area contributed by atoms with Gasteiger partial charge >= 0.3 is 7.12 Å². The van der Waals surface area contributed by atoms with Gasteiger partial charge in [0, 0.05) is 43.8 Å². The number of amides is 1. The van der Waals surface area contributed by atoms with Crippen molar-refractivity contribution in [1.29, 1.82) is 0 Å². The van der Waals surface area contributed by atoms with E-state index in [1.54, 1.807) is 36.5 Å². The van der Waals surface area contributed by atoms with Gasteiger partial charge in [-0.25, -0.2) is 4.98 Å². The van der Waals surface area contributed by atoms with E-state index >= 15 is 0 Å². The Balaban J connectivity index is 1.77. The van der Waals surface area contributed by atoms with Crippen molar-refractivity contribution in [3.05, 3.63) is 71.5 Å². The van der Waals surface area contributed by atoms with E-state index in [2.05, 4.69) is 10.3 Å². The van der Waals surface area contributed by atoms with Crippen LogP contribution in [0.4, 0.5) is 11.5 Å². The molecule has 0 saturated heterocycles. The molecule has 2 heterocycles. The maximum Gasteiger partial charge on any atom is 0.488 e. The van der Waals surface area contributed by atoms with Crippen molar-refractivity contribution in [2.75, 3.05) is 24.3 Å². The summed E-state index contributed by atoms with van der Waals surface area (Å²) in [7, 11) is 2.24. The zero-order valence-electron chi connectivity index (χ0n) is 18.9. The minimum Gasteiger partial charge on any atom is -0.423 e. The maximum atomic E-state index is 11.9. The van der Waals surface area contributed by atoms with Gasteiger partial charge in [-0.3, -0.25) is 9.36 Å². The van der Waals surface area contributed by atoms with E-state index in [0.717, 1.165) is 22.5 Å². The van der Waals surface area contributed by atoms with E-state index in [-0.39, 0.29) is 6.54 Å². The van der Waals surface area contributed by atoms with Gasteiger partial charge in [0.1, 0.15) is 0 Å². The van der Waals surface area contributed by atoms with Gasteiger partial charge in [0.25, 0.3) is 0 Å². The minimum absolute atomic E-state index is 0.213. The van der Waals surface area contributed by atoms with Crippen LogP contribution in [0.5, 0.6) is 0 Å². The molecule has 34 heavy (non-hydrogen) atoms. The molecule has 4 aromatic rings. The third kappa shape index (κ3) is 4.44. The van der Waals surface area contributed by atoms with Crippen molar-refractivity contribution in [3.63, 3.8) is 0 Å². The van der Waals surface area contributed by atoms with Crippen molar-refractivity contribution in [2.45, 2.75) is 13.1 Å². The third-order valence-electron chi connectivity index (χ3n) is 5.54. The molecule has 2 aromatic carbocycles. The molecule has 0 fully saturated rings. The quantitative estimate of drug-likeness (QED) is 0.236. The zero-order chi connectivity index (χ0) is 24.4. The highest BCUT2D eigenvalue weighted by Crippen LogP contribution is 2.28. The summed E-state index contributed by atoms with van der Waals surface area (Å²) in [4.78, 5) is 23.1. The first kappa shape index (κ1) is 23.2. The molecule has 0 bridgehead atoms. The lowest BCUT2D eigenvalue weighted by Gasteiger charge is -2.19. The van der Waals surface area contributed by atoms with Crippen LogP contribution in [0.25, 0.3) is 16.9 Å². The number of carbonyl (C=O) groups is 1. The number of nitrogens with zero attached hydrogens (tertiary/aromatic N) is 4. The van der Waals surface area contributed by atoms with Gasteiger partial charge in [-0.15, -0.1) is 0 Å². The third-order valence-corrected chi connectivity index (χ3v) is 5.54. The first-order valence-electron chi connectivity index (χ1n) is 10.7. The molecule has 0 aliphatic heterocycles. The minimum atomic E-state index is -1.54. The van der Waals surface area contributed by atoms with Crippen molar-refractivity contribution in [2.24, 2.45) is 11.5 Å². The summed E-state index contributed by atoms with van der Waals surface area (Å²) in [6.07, 6.45) is 1.71. The van der Waals surface area contributed by atoms with Crippen molar-refractivity contribution in [1.82, 2.24) is 14.5 Å². The smallest absolute Gasteiger partial charge is 0.423 e. The van der Waals surface area contributed by atoms with Gasteiger partial charge in [0.15, 0.2) is 5.82 Å². The molecule has 7 N–H and O–H groups in total. The molecule has 0 radical (unpaired) electrons. The van der Waals surface area contributed by atoms with Crippen molar-refractivity contribution < 1.29 is 14.8 Å². The Morgan fingerprint density at radius 2 is 1.94 bits per heavy atom. The van der Waals surface area contributed by atoms with E-state index in [1.165, 1.54) is 0 Å². The highest BCUT2D eigenvalue weighted by molar-refractivity contribution is 6.58. The molecule has 174 valence electrons. The molecule has 2 aromatic heterocycles. The number of fused-ring (bicyclic) bond motifs is 1. The molecule has 0 saturated carbocycles. The highest BCUT2D eigenvalue weighted by Gasteiger charge is 2.18. The predicted octanol–water partition coefficient (Wildman–Crippen LogP) is 0.336. The van der Waals surface area contributed by atoms with Gasteiger partial charge in [-0.05, 0) is 29.2 Å². The summed E-state index contributed by atoms with van der Waals surface area (Å²) in [5.41, 5.74) is 15.5. The highest BCUT2D eigenvalue weighted by atomic mass is 16.4. The van der Waals surface area contributed by atoms with Gasteiger partial charge in [0.2, 0.25) is 11.9 Å². The summed E-state index contributed by atoms with van der Waals surface area (Å²) in [6, 6.07) is 14.1. The van der Waals surface area contributed by atoms with Crippen LogP contribution < -0.4 is 27.1 Å². The Kier molecular flexibility index (Phi) is 6.50. The molecule has 0 atom stereocenters. The molecule has 4 rings (SSSR count). The number of carbonyl (C=O) groups excluding carboxylic acids is 1. The van der Waals surface area contributed by atoms with Gasteiger partial charge in [-0.1, -0.05) is 30.3 Å². The topological polar surface area (TPSA) is 156 Å². The summed E-state index contributed by atoms with van der Waals surface area (Å²) < 4.78 is 1.81. The molecule has 0 aliphatic carbocycles. The lowest BCUT2D eigenvalue weighted by atomic mass is 9.80. The van der Waals surface area contributed by atoms with Crippen LogP contribution in [-0.2, 0) is 13.1 Å². The van der Waals surface area contributed by atoms with E-state index in [4.69, 9.17) is 16.5 Å². The largest absolute Gasteiger partial charge is 0.488 e. The Bertz CT molecular complexity index is 1350. The Morgan fingerprint density at radius 1 is 1.18 bits per heavy atom. The summed E-state index contributed by atoms with van der Waals surface area (Å²) in [5, 5.41) is 22.9. The number of nitrogens with one attached hydrogen (secondary N) is 1. The van der Waals surface area contributed by atoms with Crippen LogP contribution in [0.1, 0.15) is 21.6 Å². The number of rotatable bonds is 8. The second kappa shape index (κ2) is 9.52. The number of benzene rings is 2. The summed E-state index contributed by atoms with van der Waals surface area (Å²) in [6.45, 7) is 0.616. The fraction of sp³-hybridized carbons (Fsp3) is 0.174. The van der Waals surface area contributed by atoms with Gasteiger partial charge < -0.3 is 31.7 Å². The molecule has 0 spiro atoms. The number of anilines is 2.